The molecule has 0 amide bonds. The number of hydrogen-bond acceptors (Lipinski definition) is 4. The number of alkyl halides is 1. The van der Waals surface area contributed by atoms with Gasteiger partial charge in [0.25, 0.3) is 0 Å². The minimum Gasteiger partial charge on any atom is -0.378 e. The van der Waals surface area contributed by atoms with Crippen molar-refractivity contribution in [1.82, 2.24) is 9.55 Å². The summed E-state index contributed by atoms with van der Waals surface area (Å²) in [5.41, 5.74) is 4.54. The average Bonchev–Trinajstić information content (AvgIpc) is 3.44. The van der Waals surface area contributed by atoms with Crippen LogP contribution in [0.4, 0.5) is 5.69 Å². The van der Waals surface area contributed by atoms with Gasteiger partial charge in [-0.3, -0.25) is 4.79 Å². The molecule has 1 N–H and O–H groups in total. The topological polar surface area (TPSA) is 70.7 Å². The van der Waals surface area contributed by atoms with Gasteiger partial charge in [-0.2, -0.15) is 5.26 Å². The van der Waals surface area contributed by atoms with Crippen molar-refractivity contribution in [1.29, 1.82) is 5.26 Å². The third kappa shape index (κ3) is 4.60. The number of aromatic nitrogens is 2. The number of ketones is 1. The summed E-state index contributed by atoms with van der Waals surface area (Å²) in [5.74, 6) is 1.76. The van der Waals surface area contributed by atoms with E-state index in [0.29, 0.717) is 30.2 Å². The molecule has 0 aliphatic heterocycles. The van der Waals surface area contributed by atoms with Crippen molar-refractivity contribution in [2.75, 3.05) is 11.2 Å². The van der Waals surface area contributed by atoms with Crippen LogP contribution in [-0.2, 0) is 18.4 Å². The van der Waals surface area contributed by atoms with E-state index in [2.05, 4.69) is 34.2 Å². The van der Waals surface area contributed by atoms with Gasteiger partial charge < -0.3 is 9.88 Å². The highest BCUT2D eigenvalue weighted by Gasteiger charge is 2.30. The zero-order valence-corrected chi connectivity index (χ0v) is 18.5. The van der Waals surface area contributed by atoms with Crippen molar-refractivity contribution in [2.45, 2.75) is 44.6 Å². The lowest BCUT2D eigenvalue weighted by Gasteiger charge is -2.19. The number of benzene rings is 2. The van der Waals surface area contributed by atoms with Crippen molar-refractivity contribution >= 4 is 34.1 Å². The highest BCUT2D eigenvalue weighted by molar-refractivity contribution is 6.18. The van der Waals surface area contributed by atoms with E-state index in [1.54, 1.807) is 12.1 Å². The Kier molecular flexibility index (Phi) is 6.58. The zero-order chi connectivity index (χ0) is 21.8. The Balaban J connectivity index is 1.55. The van der Waals surface area contributed by atoms with Gasteiger partial charge in [0.1, 0.15) is 11.6 Å². The predicted octanol–water partition coefficient (Wildman–Crippen LogP) is 5.53. The van der Waals surface area contributed by atoms with Crippen LogP contribution in [0.25, 0.3) is 11.0 Å². The molecule has 1 atom stereocenters. The molecule has 0 spiro atoms. The van der Waals surface area contributed by atoms with Gasteiger partial charge in [0, 0.05) is 30.5 Å². The fourth-order valence-corrected chi connectivity index (χ4v) is 4.78. The molecule has 1 aliphatic rings. The number of nitrogens with one attached hydrogen (secondary N) is 1. The predicted molar refractivity (Wildman–Crippen MR) is 124 cm³/mol. The van der Waals surface area contributed by atoms with Crippen LogP contribution >= 0.6 is 11.6 Å². The monoisotopic (exact) mass is 434 g/mol. The molecular formula is C25H27ClN4O. The van der Waals surface area contributed by atoms with Gasteiger partial charge in [-0.25, -0.2) is 4.98 Å². The fourth-order valence-electron chi connectivity index (χ4n) is 4.56. The molecule has 1 unspecified atom stereocenters. The second-order valence-corrected chi connectivity index (χ2v) is 8.67. The second kappa shape index (κ2) is 9.53. The summed E-state index contributed by atoms with van der Waals surface area (Å²) in [7, 11) is 2.00. The Morgan fingerprint density at radius 2 is 2.00 bits per heavy atom. The summed E-state index contributed by atoms with van der Waals surface area (Å²) in [6.07, 6.45) is 4.99. The number of nitrogens with zero attached hydrogens (tertiary/aromatic N) is 3. The number of hydrogen-bond donors (Lipinski definition) is 1. The number of anilines is 1. The van der Waals surface area contributed by atoms with Crippen LogP contribution in [0.2, 0.25) is 0 Å². The molecule has 3 aromatic rings. The number of nitriles is 1. The summed E-state index contributed by atoms with van der Waals surface area (Å²) in [5, 5.41) is 12.3. The maximum atomic E-state index is 13.1. The Labute approximate surface area is 188 Å². The van der Waals surface area contributed by atoms with E-state index in [-0.39, 0.29) is 11.8 Å². The lowest BCUT2D eigenvalue weighted by Crippen LogP contribution is -2.20. The number of imidazole rings is 1. The maximum absolute atomic E-state index is 13.1. The van der Waals surface area contributed by atoms with Crippen molar-refractivity contribution in [3.8, 4) is 6.07 Å². The standard InChI is InChI=1S/C25H27ClN4O/c1-30-23-11-8-19(21(12-13-26)25(31)18-4-2-3-5-18)14-22(23)29-24(30)16-28-20-9-6-17(15-27)7-10-20/h6-11,14,18,21,28H,2-5,12-13,16H2,1H3. The van der Waals surface area contributed by atoms with E-state index in [1.807, 2.05) is 19.2 Å². The van der Waals surface area contributed by atoms with Crippen molar-refractivity contribution < 1.29 is 4.79 Å². The molecule has 0 bridgehead atoms. The van der Waals surface area contributed by atoms with Crippen molar-refractivity contribution in [3.05, 3.63) is 59.4 Å². The molecule has 0 saturated heterocycles. The summed E-state index contributed by atoms with van der Waals surface area (Å²) in [4.78, 5) is 18.0. The Morgan fingerprint density at radius 3 is 2.68 bits per heavy atom. The van der Waals surface area contributed by atoms with Gasteiger partial charge in [-0.15, -0.1) is 11.6 Å². The van der Waals surface area contributed by atoms with Gasteiger partial charge in [0.2, 0.25) is 0 Å². The molecule has 1 saturated carbocycles. The molecule has 1 aliphatic carbocycles. The Morgan fingerprint density at radius 1 is 1.26 bits per heavy atom. The smallest absolute Gasteiger partial charge is 0.143 e. The first-order valence-electron chi connectivity index (χ1n) is 10.9. The maximum Gasteiger partial charge on any atom is 0.143 e. The van der Waals surface area contributed by atoms with Crippen LogP contribution in [-0.4, -0.2) is 21.2 Å². The number of aryl methyl sites for hydroxylation is 1. The third-order valence-corrected chi connectivity index (χ3v) is 6.58. The van der Waals surface area contributed by atoms with E-state index in [0.717, 1.165) is 53.8 Å². The van der Waals surface area contributed by atoms with Crippen LogP contribution in [0.1, 0.15) is 55.0 Å². The van der Waals surface area contributed by atoms with Crippen LogP contribution in [0.3, 0.4) is 0 Å². The Bertz CT molecular complexity index is 1110. The lowest BCUT2D eigenvalue weighted by molar-refractivity contribution is -0.124. The number of carbonyl (C=O) groups excluding carboxylic acids is 1. The zero-order valence-electron chi connectivity index (χ0n) is 17.8. The van der Waals surface area contributed by atoms with Crippen LogP contribution < -0.4 is 5.32 Å². The van der Waals surface area contributed by atoms with Gasteiger partial charge in [0.05, 0.1) is 29.2 Å². The van der Waals surface area contributed by atoms with Crippen LogP contribution in [0, 0.1) is 17.2 Å². The quantitative estimate of drug-likeness (QED) is 0.473. The number of carbonyl (C=O) groups is 1. The number of rotatable bonds is 8. The van der Waals surface area contributed by atoms with Crippen LogP contribution in [0.5, 0.6) is 0 Å². The average molecular weight is 435 g/mol. The van der Waals surface area contributed by atoms with Gasteiger partial charge in [-0.05, 0) is 61.2 Å². The van der Waals surface area contributed by atoms with Gasteiger partial charge >= 0.3 is 0 Å². The SMILES string of the molecule is Cn1c(CNc2ccc(C#N)cc2)nc2cc(C(CCCl)C(=O)C3CCCC3)ccc21. The summed E-state index contributed by atoms with van der Waals surface area (Å²) >= 11 is 6.06. The molecular weight excluding hydrogens is 408 g/mol. The van der Waals surface area contributed by atoms with Crippen molar-refractivity contribution in [2.24, 2.45) is 13.0 Å². The van der Waals surface area contributed by atoms with Gasteiger partial charge in [0.15, 0.2) is 0 Å². The molecule has 4 rings (SSSR count). The van der Waals surface area contributed by atoms with E-state index >= 15 is 0 Å². The van der Waals surface area contributed by atoms with Crippen LogP contribution in [0.15, 0.2) is 42.5 Å². The van der Waals surface area contributed by atoms with E-state index in [9.17, 15) is 4.79 Å². The van der Waals surface area contributed by atoms with E-state index < -0.39 is 0 Å². The largest absolute Gasteiger partial charge is 0.378 e. The highest BCUT2D eigenvalue weighted by Crippen LogP contribution is 2.34. The molecule has 160 valence electrons. The summed E-state index contributed by atoms with van der Waals surface area (Å²) < 4.78 is 2.07. The molecule has 2 aromatic carbocycles. The normalized spacial score (nSPS) is 15.1. The van der Waals surface area contributed by atoms with Crippen molar-refractivity contribution in [3.63, 3.8) is 0 Å². The third-order valence-electron chi connectivity index (χ3n) is 6.36. The molecule has 1 aromatic heterocycles. The number of fused-ring (bicyclic) bond motifs is 1. The molecule has 1 fully saturated rings. The first-order chi connectivity index (χ1) is 15.1. The highest BCUT2D eigenvalue weighted by atomic mass is 35.5. The van der Waals surface area contributed by atoms with Gasteiger partial charge in [-0.1, -0.05) is 18.9 Å². The Hall–Kier alpha value is -2.84. The number of halogens is 1. The lowest BCUT2D eigenvalue weighted by atomic mass is 9.84. The first kappa shape index (κ1) is 21.4. The molecule has 0 radical (unpaired) electrons. The molecule has 1 heterocycles. The summed E-state index contributed by atoms with van der Waals surface area (Å²) in [6.45, 7) is 0.568. The van der Waals surface area contributed by atoms with E-state index in [4.69, 9.17) is 21.8 Å². The minimum absolute atomic E-state index is 0.146. The first-order valence-corrected chi connectivity index (χ1v) is 11.4. The summed E-state index contributed by atoms with van der Waals surface area (Å²) in [6, 6.07) is 15.7. The molecule has 6 heteroatoms. The van der Waals surface area contributed by atoms with E-state index in [1.165, 1.54) is 0 Å². The fraction of sp³-hybridized carbons (Fsp3) is 0.400. The minimum atomic E-state index is -0.146. The number of Topliss-reactive ketones (excluding diaryl/α,β-unsaturated/α-hetero) is 1. The second-order valence-electron chi connectivity index (χ2n) is 8.29. The molecule has 5 nitrogen and oxygen atoms in total. The molecule has 31 heavy (non-hydrogen) atoms.